The maximum absolute atomic E-state index is 12.1. The third kappa shape index (κ3) is 3.49. The Balaban J connectivity index is 2.26. The van der Waals surface area contributed by atoms with Crippen molar-refractivity contribution in [3.8, 4) is 5.75 Å². The van der Waals surface area contributed by atoms with E-state index in [0.717, 1.165) is 5.75 Å². The lowest BCUT2D eigenvalue weighted by Crippen LogP contribution is -2.24. The van der Waals surface area contributed by atoms with Gasteiger partial charge in [-0.3, -0.25) is 0 Å². The molecule has 1 aliphatic rings. The normalized spacial score (nSPS) is 15.8. The predicted octanol–water partition coefficient (Wildman–Crippen LogP) is 3.92. The minimum Gasteiger partial charge on any atom is -0.497 e. The number of esters is 1. The van der Waals surface area contributed by atoms with Gasteiger partial charge in [-0.15, -0.1) is 0 Å². The van der Waals surface area contributed by atoms with Crippen molar-refractivity contribution in [2.24, 2.45) is 0 Å². The van der Waals surface area contributed by atoms with E-state index < -0.39 is 5.60 Å². The number of carbonyl (C=O) groups excluding carboxylic acids is 1. The number of hydrogen-bond acceptors (Lipinski definition) is 3. The molecule has 0 heterocycles. The van der Waals surface area contributed by atoms with Crippen LogP contribution >= 0.6 is 0 Å². The van der Waals surface area contributed by atoms with Gasteiger partial charge in [-0.25, -0.2) is 4.79 Å². The standard InChI is InChI=1S/C16H22O3/c1-16(2,3)19-15(17)13-8-12(11-6-5-7-11)9-14(10-13)18-4/h8-11H,5-7H2,1-4H3. The van der Waals surface area contributed by atoms with Gasteiger partial charge in [-0.2, -0.15) is 0 Å². The first-order valence-electron chi connectivity index (χ1n) is 6.81. The van der Waals surface area contributed by atoms with Crippen LogP contribution in [0.3, 0.4) is 0 Å². The summed E-state index contributed by atoms with van der Waals surface area (Å²) in [5.41, 5.74) is 1.29. The van der Waals surface area contributed by atoms with Gasteiger partial charge >= 0.3 is 5.97 Å². The molecule has 1 fully saturated rings. The summed E-state index contributed by atoms with van der Waals surface area (Å²) in [5.74, 6) is 1.01. The zero-order chi connectivity index (χ0) is 14.0. The van der Waals surface area contributed by atoms with Crippen LogP contribution in [0.1, 0.15) is 61.9 Å². The lowest BCUT2D eigenvalue weighted by Gasteiger charge is -2.27. The Hall–Kier alpha value is -1.51. The molecule has 0 spiro atoms. The molecule has 1 aliphatic carbocycles. The number of benzene rings is 1. The van der Waals surface area contributed by atoms with Gasteiger partial charge in [0.15, 0.2) is 0 Å². The summed E-state index contributed by atoms with van der Waals surface area (Å²) in [6.07, 6.45) is 3.66. The van der Waals surface area contributed by atoms with Crippen LogP contribution in [-0.2, 0) is 4.74 Å². The molecule has 3 heteroatoms. The molecular formula is C16H22O3. The highest BCUT2D eigenvalue weighted by Crippen LogP contribution is 2.38. The second-order valence-electron chi connectivity index (χ2n) is 6.12. The minimum atomic E-state index is -0.475. The fourth-order valence-electron chi connectivity index (χ4n) is 2.17. The Kier molecular flexibility index (Phi) is 3.83. The highest BCUT2D eigenvalue weighted by molar-refractivity contribution is 5.90. The molecule has 0 bridgehead atoms. The van der Waals surface area contributed by atoms with Crippen LogP contribution in [0, 0.1) is 0 Å². The van der Waals surface area contributed by atoms with E-state index in [1.807, 2.05) is 32.9 Å². The molecule has 0 aliphatic heterocycles. The van der Waals surface area contributed by atoms with Crippen LogP contribution in [-0.4, -0.2) is 18.7 Å². The quantitative estimate of drug-likeness (QED) is 0.774. The van der Waals surface area contributed by atoms with E-state index in [1.165, 1.54) is 24.8 Å². The summed E-state index contributed by atoms with van der Waals surface area (Å²) in [6.45, 7) is 5.62. The second-order valence-corrected chi connectivity index (χ2v) is 6.12. The van der Waals surface area contributed by atoms with Crippen molar-refractivity contribution in [1.82, 2.24) is 0 Å². The number of rotatable bonds is 3. The minimum absolute atomic E-state index is 0.285. The van der Waals surface area contributed by atoms with Crippen LogP contribution in [0.15, 0.2) is 18.2 Å². The zero-order valence-corrected chi connectivity index (χ0v) is 12.2. The van der Waals surface area contributed by atoms with Gasteiger partial charge in [0.1, 0.15) is 11.4 Å². The Morgan fingerprint density at radius 3 is 2.37 bits per heavy atom. The lowest BCUT2D eigenvalue weighted by molar-refractivity contribution is 0.00690. The molecule has 1 saturated carbocycles. The van der Waals surface area contributed by atoms with Gasteiger partial charge in [0.25, 0.3) is 0 Å². The molecule has 0 aromatic heterocycles. The Bertz CT molecular complexity index is 467. The van der Waals surface area contributed by atoms with E-state index in [9.17, 15) is 4.79 Å². The summed E-state index contributed by atoms with van der Waals surface area (Å²) >= 11 is 0. The van der Waals surface area contributed by atoms with Gasteiger partial charge in [0.05, 0.1) is 12.7 Å². The van der Waals surface area contributed by atoms with Crippen molar-refractivity contribution in [2.45, 2.75) is 51.6 Å². The molecule has 19 heavy (non-hydrogen) atoms. The highest BCUT2D eigenvalue weighted by Gasteiger charge is 2.23. The molecule has 0 saturated heterocycles. The first-order valence-corrected chi connectivity index (χ1v) is 6.81. The van der Waals surface area contributed by atoms with Gasteiger partial charge in [0, 0.05) is 0 Å². The van der Waals surface area contributed by atoms with Crippen molar-refractivity contribution in [3.63, 3.8) is 0 Å². The maximum Gasteiger partial charge on any atom is 0.338 e. The SMILES string of the molecule is COc1cc(C(=O)OC(C)(C)C)cc(C2CCC2)c1. The summed E-state index contributed by atoms with van der Waals surface area (Å²) in [4.78, 5) is 12.1. The van der Waals surface area contributed by atoms with Crippen molar-refractivity contribution < 1.29 is 14.3 Å². The van der Waals surface area contributed by atoms with Crippen LogP contribution in [0.2, 0.25) is 0 Å². The zero-order valence-electron chi connectivity index (χ0n) is 12.2. The topological polar surface area (TPSA) is 35.5 Å². The third-order valence-corrected chi connectivity index (χ3v) is 3.38. The first-order chi connectivity index (χ1) is 8.89. The predicted molar refractivity (Wildman–Crippen MR) is 74.8 cm³/mol. The van der Waals surface area contributed by atoms with Gasteiger partial charge in [0.2, 0.25) is 0 Å². The van der Waals surface area contributed by atoms with E-state index in [0.29, 0.717) is 11.5 Å². The largest absolute Gasteiger partial charge is 0.497 e. The number of methoxy groups -OCH3 is 1. The Labute approximate surface area is 114 Å². The van der Waals surface area contributed by atoms with Crippen LogP contribution < -0.4 is 4.74 Å². The molecule has 0 N–H and O–H groups in total. The van der Waals surface area contributed by atoms with E-state index >= 15 is 0 Å². The molecule has 3 nitrogen and oxygen atoms in total. The summed E-state index contributed by atoms with van der Waals surface area (Å²) in [5, 5.41) is 0. The molecule has 0 amide bonds. The third-order valence-electron chi connectivity index (χ3n) is 3.38. The van der Waals surface area contributed by atoms with E-state index in [2.05, 4.69) is 0 Å². The molecule has 1 aromatic rings. The van der Waals surface area contributed by atoms with Crippen LogP contribution in [0.25, 0.3) is 0 Å². The van der Waals surface area contributed by atoms with E-state index in [4.69, 9.17) is 9.47 Å². The van der Waals surface area contributed by atoms with Crippen LogP contribution in [0.5, 0.6) is 5.75 Å². The molecule has 104 valence electrons. The average Bonchev–Trinajstić information content (AvgIpc) is 2.24. The number of ether oxygens (including phenoxy) is 2. The van der Waals surface area contributed by atoms with Crippen molar-refractivity contribution in [3.05, 3.63) is 29.3 Å². The second kappa shape index (κ2) is 5.24. The monoisotopic (exact) mass is 262 g/mol. The molecule has 0 unspecified atom stereocenters. The summed E-state index contributed by atoms with van der Waals surface area (Å²) in [6, 6.07) is 5.72. The Morgan fingerprint density at radius 1 is 1.21 bits per heavy atom. The Morgan fingerprint density at radius 2 is 1.89 bits per heavy atom. The average molecular weight is 262 g/mol. The van der Waals surface area contributed by atoms with Crippen molar-refractivity contribution in [1.29, 1.82) is 0 Å². The van der Waals surface area contributed by atoms with Crippen LogP contribution in [0.4, 0.5) is 0 Å². The first kappa shape index (κ1) is 13.9. The molecule has 0 atom stereocenters. The summed E-state index contributed by atoms with van der Waals surface area (Å²) < 4.78 is 10.7. The summed E-state index contributed by atoms with van der Waals surface area (Å²) in [7, 11) is 1.62. The highest BCUT2D eigenvalue weighted by atomic mass is 16.6. The van der Waals surface area contributed by atoms with Gasteiger partial charge in [-0.05, 0) is 63.3 Å². The maximum atomic E-state index is 12.1. The fraction of sp³-hybridized carbons (Fsp3) is 0.562. The lowest BCUT2D eigenvalue weighted by atomic mass is 9.79. The van der Waals surface area contributed by atoms with Crippen molar-refractivity contribution >= 4 is 5.97 Å². The fourth-order valence-corrected chi connectivity index (χ4v) is 2.17. The molecular weight excluding hydrogens is 240 g/mol. The van der Waals surface area contributed by atoms with Gasteiger partial charge in [-0.1, -0.05) is 6.42 Å². The molecule has 0 radical (unpaired) electrons. The smallest absolute Gasteiger partial charge is 0.338 e. The number of carbonyl (C=O) groups is 1. The van der Waals surface area contributed by atoms with Gasteiger partial charge < -0.3 is 9.47 Å². The number of hydrogen-bond donors (Lipinski definition) is 0. The van der Waals surface area contributed by atoms with Crippen molar-refractivity contribution in [2.75, 3.05) is 7.11 Å². The van der Waals surface area contributed by atoms with E-state index in [-0.39, 0.29) is 5.97 Å². The van der Waals surface area contributed by atoms with E-state index in [1.54, 1.807) is 13.2 Å². The molecule has 2 rings (SSSR count). The molecule has 1 aromatic carbocycles.